The minimum atomic E-state index is 0.0543. The molecule has 2 aromatic carbocycles. The molecule has 1 saturated carbocycles. The molecule has 0 spiro atoms. The maximum atomic E-state index is 12.8. The van der Waals surface area contributed by atoms with Gasteiger partial charge in [0.2, 0.25) is 5.91 Å². The van der Waals surface area contributed by atoms with Gasteiger partial charge in [0.05, 0.1) is 25.3 Å². The Hall–Kier alpha value is -3.02. The van der Waals surface area contributed by atoms with E-state index in [0.29, 0.717) is 24.0 Å². The molecule has 6 nitrogen and oxygen atoms in total. The van der Waals surface area contributed by atoms with E-state index in [1.807, 2.05) is 47.0 Å². The number of benzene rings is 2. The lowest BCUT2D eigenvalue weighted by Gasteiger charge is -2.23. The van der Waals surface area contributed by atoms with Crippen molar-refractivity contribution in [2.75, 3.05) is 14.2 Å². The summed E-state index contributed by atoms with van der Waals surface area (Å²) in [6.07, 6.45) is 6.43. The number of para-hydroxylation sites is 2. The van der Waals surface area contributed by atoms with Gasteiger partial charge in [-0.3, -0.25) is 4.79 Å². The largest absolute Gasteiger partial charge is 0.493 e. The fourth-order valence-electron chi connectivity index (χ4n) is 4.27. The Bertz CT molecular complexity index is 1020. The third kappa shape index (κ3) is 4.42. The first-order valence-electron chi connectivity index (χ1n) is 10.6. The van der Waals surface area contributed by atoms with Crippen LogP contribution in [-0.2, 0) is 17.8 Å². The average Bonchev–Trinajstić information content (AvgIpc) is 3.11. The summed E-state index contributed by atoms with van der Waals surface area (Å²) in [6, 6.07) is 14.1. The number of hydrogen-bond acceptors (Lipinski definition) is 4. The third-order valence-electron chi connectivity index (χ3n) is 5.82. The molecule has 158 valence electrons. The average molecular weight is 408 g/mol. The summed E-state index contributed by atoms with van der Waals surface area (Å²) in [5, 5.41) is 3.22. The number of fused-ring (bicyclic) bond motifs is 1. The fourth-order valence-corrected chi connectivity index (χ4v) is 4.27. The van der Waals surface area contributed by atoms with Gasteiger partial charge in [0.1, 0.15) is 12.4 Å². The van der Waals surface area contributed by atoms with Gasteiger partial charge in [0.15, 0.2) is 11.5 Å². The molecule has 1 aromatic heterocycles. The number of methoxy groups -OCH3 is 2. The second-order valence-corrected chi connectivity index (χ2v) is 7.87. The van der Waals surface area contributed by atoms with E-state index in [1.165, 1.54) is 19.3 Å². The molecule has 0 radical (unpaired) electrons. The molecule has 0 aliphatic heterocycles. The first kappa shape index (κ1) is 20.3. The van der Waals surface area contributed by atoms with Crippen molar-refractivity contribution in [3.05, 3.63) is 53.9 Å². The molecule has 6 heteroatoms. The Kier molecular flexibility index (Phi) is 6.21. The monoisotopic (exact) mass is 407 g/mol. The van der Waals surface area contributed by atoms with Crippen LogP contribution in [0.2, 0.25) is 0 Å². The minimum absolute atomic E-state index is 0.0543. The van der Waals surface area contributed by atoms with Gasteiger partial charge in [-0.15, -0.1) is 0 Å². The number of rotatable bonds is 7. The minimum Gasteiger partial charge on any atom is -0.493 e. The number of hydrogen-bond donors (Lipinski definition) is 1. The number of nitrogens with one attached hydrogen (secondary N) is 1. The van der Waals surface area contributed by atoms with Gasteiger partial charge < -0.3 is 19.4 Å². The highest BCUT2D eigenvalue weighted by Crippen LogP contribution is 2.29. The molecular weight excluding hydrogens is 378 g/mol. The maximum absolute atomic E-state index is 12.8. The summed E-state index contributed by atoms with van der Waals surface area (Å²) < 4.78 is 12.8. The van der Waals surface area contributed by atoms with E-state index in [9.17, 15) is 4.79 Å². The zero-order chi connectivity index (χ0) is 20.9. The first-order valence-corrected chi connectivity index (χ1v) is 10.6. The summed E-state index contributed by atoms with van der Waals surface area (Å²) in [6.45, 7) is 0.277. The molecule has 0 saturated heterocycles. The van der Waals surface area contributed by atoms with Crippen molar-refractivity contribution in [1.29, 1.82) is 0 Å². The Morgan fingerprint density at radius 2 is 1.83 bits per heavy atom. The second kappa shape index (κ2) is 9.20. The van der Waals surface area contributed by atoms with Gasteiger partial charge in [0.25, 0.3) is 0 Å². The number of carbonyl (C=O) groups excluding carboxylic acids is 1. The number of aromatic nitrogens is 2. The lowest BCUT2D eigenvalue weighted by molar-refractivity contribution is -0.122. The van der Waals surface area contributed by atoms with Crippen molar-refractivity contribution in [3.63, 3.8) is 0 Å². The van der Waals surface area contributed by atoms with Crippen molar-refractivity contribution in [1.82, 2.24) is 14.9 Å². The second-order valence-electron chi connectivity index (χ2n) is 7.87. The SMILES string of the molecule is COc1ccc(Cc2nc3ccccc3n2CC(=O)NC2CCCCC2)cc1OC. The lowest BCUT2D eigenvalue weighted by atomic mass is 9.95. The van der Waals surface area contributed by atoms with E-state index in [4.69, 9.17) is 14.5 Å². The predicted octanol–water partition coefficient (Wildman–Crippen LogP) is 4.09. The Labute approximate surface area is 177 Å². The van der Waals surface area contributed by atoms with Crippen molar-refractivity contribution in [3.8, 4) is 11.5 Å². The number of imidazole rings is 1. The molecule has 30 heavy (non-hydrogen) atoms. The van der Waals surface area contributed by atoms with Crippen LogP contribution in [-0.4, -0.2) is 35.7 Å². The van der Waals surface area contributed by atoms with Gasteiger partial charge >= 0.3 is 0 Å². The smallest absolute Gasteiger partial charge is 0.240 e. The van der Waals surface area contributed by atoms with Crippen LogP contribution in [0.25, 0.3) is 11.0 Å². The van der Waals surface area contributed by atoms with E-state index in [2.05, 4.69) is 5.32 Å². The molecule has 0 unspecified atom stereocenters. The molecule has 1 aliphatic rings. The molecular formula is C24H29N3O3. The molecule has 0 bridgehead atoms. The summed E-state index contributed by atoms with van der Waals surface area (Å²) in [7, 11) is 3.26. The molecule has 1 heterocycles. The van der Waals surface area contributed by atoms with Crippen LogP contribution in [0, 0.1) is 0 Å². The van der Waals surface area contributed by atoms with Crippen LogP contribution in [0.4, 0.5) is 0 Å². The number of amides is 1. The van der Waals surface area contributed by atoms with Crippen LogP contribution < -0.4 is 14.8 Å². The lowest BCUT2D eigenvalue weighted by Crippen LogP contribution is -2.38. The number of ether oxygens (including phenoxy) is 2. The van der Waals surface area contributed by atoms with Crippen LogP contribution in [0.3, 0.4) is 0 Å². The number of carbonyl (C=O) groups is 1. The standard InChI is InChI=1S/C24H29N3O3/c1-29-21-13-12-17(14-22(21)30-2)15-23-26-19-10-6-7-11-20(19)27(23)16-24(28)25-18-8-4-3-5-9-18/h6-7,10-14,18H,3-5,8-9,15-16H2,1-2H3,(H,25,28). The van der Waals surface area contributed by atoms with Crippen molar-refractivity contribution in [2.45, 2.75) is 51.1 Å². The highest BCUT2D eigenvalue weighted by atomic mass is 16.5. The highest BCUT2D eigenvalue weighted by molar-refractivity contribution is 5.81. The molecule has 1 N–H and O–H groups in total. The van der Waals surface area contributed by atoms with Crippen LogP contribution in [0.5, 0.6) is 11.5 Å². The molecule has 1 aliphatic carbocycles. The van der Waals surface area contributed by atoms with E-state index >= 15 is 0 Å². The topological polar surface area (TPSA) is 65.4 Å². The highest BCUT2D eigenvalue weighted by Gasteiger charge is 2.19. The van der Waals surface area contributed by atoms with Gasteiger partial charge in [0, 0.05) is 12.5 Å². The molecule has 4 rings (SSSR count). The zero-order valence-corrected chi connectivity index (χ0v) is 17.7. The summed E-state index contributed by atoms with van der Waals surface area (Å²) >= 11 is 0. The first-order chi connectivity index (χ1) is 14.7. The molecule has 1 fully saturated rings. The van der Waals surface area contributed by atoms with Crippen molar-refractivity contribution in [2.24, 2.45) is 0 Å². The predicted molar refractivity (Wildman–Crippen MR) is 117 cm³/mol. The third-order valence-corrected chi connectivity index (χ3v) is 5.82. The van der Waals surface area contributed by atoms with Gasteiger partial charge in [-0.25, -0.2) is 4.98 Å². The summed E-state index contributed by atoms with van der Waals surface area (Å²) in [5.74, 6) is 2.30. The fraction of sp³-hybridized carbons (Fsp3) is 0.417. The Balaban J connectivity index is 1.59. The van der Waals surface area contributed by atoms with Crippen molar-refractivity contribution < 1.29 is 14.3 Å². The molecule has 0 atom stereocenters. The number of nitrogens with zero attached hydrogens (tertiary/aromatic N) is 2. The Morgan fingerprint density at radius 3 is 2.60 bits per heavy atom. The van der Waals surface area contributed by atoms with Crippen LogP contribution in [0.1, 0.15) is 43.5 Å². The maximum Gasteiger partial charge on any atom is 0.240 e. The van der Waals surface area contributed by atoms with E-state index in [0.717, 1.165) is 35.3 Å². The van der Waals surface area contributed by atoms with Crippen LogP contribution >= 0.6 is 0 Å². The molecule has 1 amide bonds. The Morgan fingerprint density at radius 1 is 1.07 bits per heavy atom. The zero-order valence-electron chi connectivity index (χ0n) is 17.7. The normalized spacial score (nSPS) is 14.6. The van der Waals surface area contributed by atoms with Crippen LogP contribution in [0.15, 0.2) is 42.5 Å². The van der Waals surface area contributed by atoms with E-state index in [1.54, 1.807) is 14.2 Å². The molecule has 3 aromatic rings. The quantitative estimate of drug-likeness (QED) is 0.641. The van der Waals surface area contributed by atoms with E-state index in [-0.39, 0.29) is 12.5 Å². The van der Waals surface area contributed by atoms with Crippen molar-refractivity contribution >= 4 is 16.9 Å². The van der Waals surface area contributed by atoms with Gasteiger partial charge in [-0.1, -0.05) is 37.5 Å². The van der Waals surface area contributed by atoms with E-state index < -0.39 is 0 Å². The summed E-state index contributed by atoms with van der Waals surface area (Å²) in [4.78, 5) is 17.6. The van der Waals surface area contributed by atoms with Gasteiger partial charge in [-0.2, -0.15) is 0 Å². The van der Waals surface area contributed by atoms with Gasteiger partial charge in [-0.05, 0) is 42.7 Å². The summed E-state index contributed by atoms with van der Waals surface area (Å²) in [5.41, 5.74) is 2.93.